The molecule has 1 N–H and O–H groups in total. The van der Waals surface area contributed by atoms with Crippen molar-refractivity contribution in [1.29, 1.82) is 0 Å². The fraction of sp³-hybridized carbons (Fsp3) is 0.941. The second-order valence-corrected chi connectivity index (χ2v) is 5.66. The molecule has 0 aromatic rings. The van der Waals surface area contributed by atoms with Crippen molar-refractivity contribution in [1.82, 2.24) is 0 Å². The van der Waals surface area contributed by atoms with Crippen molar-refractivity contribution in [3.8, 4) is 0 Å². The second kappa shape index (κ2) is 14.8. The average molecular weight is 286 g/mol. The van der Waals surface area contributed by atoms with Gasteiger partial charge in [-0.1, -0.05) is 71.6 Å². The van der Waals surface area contributed by atoms with Gasteiger partial charge in [-0.15, -0.1) is 0 Å². The summed E-state index contributed by atoms with van der Waals surface area (Å²) in [5.41, 5.74) is 0. The molecular formula is C17H34O3. The normalized spacial score (nSPS) is 12.3. The molecule has 20 heavy (non-hydrogen) atoms. The molecular weight excluding hydrogens is 252 g/mol. The molecule has 0 heterocycles. The van der Waals surface area contributed by atoms with Crippen molar-refractivity contribution in [2.45, 2.75) is 97.0 Å². The average Bonchev–Trinajstić information content (AvgIpc) is 2.45. The predicted molar refractivity (Wildman–Crippen MR) is 83.7 cm³/mol. The Balaban J connectivity index is 3.34. The summed E-state index contributed by atoms with van der Waals surface area (Å²) in [7, 11) is 0. The van der Waals surface area contributed by atoms with Crippen LogP contribution >= 0.6 is 0 Å². The molecule has 0 aromatic carbocycles. The molecule has 0 rings (SSSR count). The fourth-order valence-corrected chi connectivity index (χ4v) is 2.33. The largest absolute Gasteiger partial charge is 0.460 e. The summed E-state index contributed by atoms with van der Waals surface area (Å²) < 4.78 is 5.22. The predicted octanol–water partition coefficient (Wildman–Crippen LogP) is 4.61. The van der Waals surface area contributed by atoms with Crippen molar-refractivity contribution in [3.05, 3.63) is 0 Å². The number of hydrogen-bond acceptors (Lipinski definition) is 3. The smallest absolute Gasteiger partial charge is 0.306 e. The molecule has 3 heteroatoms. The SMILES string of the molecule is CCCCCCCCCCCC(=O)OC(CO)CCC. The Bertz CT molecular complexity index is 216. The number of unbranched alkanes of at least 4 members (excludes halogenated alkanes) is 8. The molecule has 0 aliphatic heterocycles. The Labute approximate surface area is 125 Å². The van der Waals surface area contributed by atoms with Crippen LogP contribution in [0.2, 0.25) is 0 Å². The zero-order valence-electron chi connectivity index (χ0n) is 13.5. The second-order valence-electron chi connectivity index (χ2n) is 5.66. The number of esters is 1. The van der Waals surface area contributed by atoms with Crippen LogP contribution in [0.15, 0.2) is 0 Å². The van der Waals surface area contributed by atoms with Gasteiger partial charge in [0.15, 0.2) is 0 Å². The molecule has 0 aliphatic rings. The van der Waals surface area contributed by atoms with E-state index in [9.17, 15) is 4.79 Å². The number of carbonyl (C=O) groups excluding carboxylic acids is 1. The highest BCUT2D eigenvalue weighted by atomic mass is 16.5. The van der Waals surface area contributed by atoms with Crippen LogP contribution in [0.1, 0.15) is 90.9 Å². The summed E-state index contributed by atoms with van der Waals surface area (Å²) in [6.45, 7) is 4.20. The third-order valence-electron chi connectivity index (χ3n) is 3.60. The molecule has 0 fully saturated rings. The lowest BCUT2D eigenvalue weighted by atomic mass is 10.1. The van der Waals surface area contributed by atoms with Crippen molar-refractivity contribution < 1.29 is 14.6 Å². The highest BCUT2D eigenvalue weighted by Gasteiger charge is 2.11. The first-order valence-corrected chi connectivity index (χ1v) is 8.54. The molecule has 0 aromatic heterocycles. The van der Waals surface area contributed by atoms with E-state index in [0.717, 1.165) is 25.7 Å². The summed E-state index contributed by atoms with van der Waals surface area (Å²) in [6.07, 6.45) is 13.1. The lowest BCUT2D eigenvalue weighted by Gasteiger charge is -2.14. The lowest BCUT2D eigenvalue weighted by molar-refractivity contribution is -0.151. The third-order valence-corrected chi connectivity index (χ3v) is 3.60. The van der Waals surface area contributed by atoms with E-state index in [2.05, 4.69) is 6.92 Å². The number of carbonyl (C=O) groups is 1. The summed E-state index contributed by atoms with van der Waals surface area (Å²) in [4.78, 5) is 11.6. The molecule has 0 saturated carbocycles. The van der Waals surface area contributed by atoms with Crippen LogP contribution in [0.5, 0.6) is 0 Å². The summed E-state index contributed by atoms with van der Waals surface area (Å²) in [5.74, 6) is -0.152. The fourth-order valence-electron chi connectivity index (χ4n) is 2.33. The molecule has 0 aliphatic carbocycles. The Kier molecular flexibility index (Phi) is 14.4. The van der Waals surface area contributed by atoms with Gasteiger partial charge in [-0.2, -0.15) is 0 Å². The van der Waals surface area contributed by atoms with Crippen LogP contribution in [0.4, 0.5) is 0 Å². The van der Waals surface area contributed by atoms with E-state index < -0.39 is 0 Å². The van der Waals surface area contributed by atoms with Gasteiger partial charge in [0.05, 0.1) is 6.61 Å². The molecule has 0 radical (unpaired) electrons. The van der Waals surface area contributed by atoms with E-state index >= 15 is 0 Å². The minimum Gasteiger partial charge on any atom is -0.460 e. The first-order valence-electron chi connectivity index (χ1n) is 8.54. The maximum Gasteiger partial charge on any atom is 0.306 e. The lowest BCUT2D eigenvalue weighted by Crippen LogP contribution is -2.21. The maximum atomic E-state index is 11.6. The summed E-state index contributed by atoms with van der Waals surface area (Å²) in [6, 6.07) is 0. The van der Waals surface area contributed by atoms with Crippen molar-refractivity contribution in [2.24, 2.45) is 0 Å². The van der Waals surface area contributed by atoms with E-state index in [0.29, 0.717) is 6.42 Å². The Morgan fingerprint density at radius 1 is 0.900 bits per heavy atom. The van der Waals surface area contributed by atoms with Gasteiger partial charge in [0.1, 0.15) is 6.10 Å². The van der Waals surface area contributed by atoms with Crippen LogP contribution < -0.4 is 0 Å². The molecule has 3 nitrogen and oxygen atoms in total. The Morgan fingerprint density at radius 2 is 1.45 bits per heavy atom. The number of hydrogen-bond donors (Lipinski definition) is 1. The van der Waals surface area contributed by atoms with Gasteiger partial charge >= 0.3 is 5.97 Å². The van der Waals surface area contributed by atoms with Crippen LogP contribution in [0.25, 0.3) is 0 Å². The zero-order chi connectivity index (χ0) is 15.1. The molecule has 0 amide bonds. The van der Waals surface area contributed by atoms with Crippen LogP contribution in [-0.4, -0.2) is 23.8 Å². The molecule has 120 valence electrons. The number of aliphatic hydroxyl groups is 1. The van der Waals surface area contributed by atoms with Gasteiger partial charge in [-0.25, -0.2) is 0 Å². The minimum absolute atomic E-state index is 0.0582. The standard InChI is InChI=1S/C17H34O3/c1-3-5-6-7-8-9-10-11-12-14-17(19)20-16(15-18)13-4-2/h16,18H,3-15H2,1-2H3. The van der Waals surface area contributed by atoms with Gasteiger partial charge in [-0.05, 0) is 12.8 Å². The molecule has 1 unspecified atom stereocenters. The van der Waals surface area contributed by atoms with E-state index in [1.807, 2.05) is 6.92 Å². The van der Waals surface area contributed by atoms with E-state index in [-0.39, 0.29) is 18.7 Å². The van der Waals surface area contributed by atoms with E-state index in [1.165, 1.54) is 44.9 Å². The van der Waals surface area contributed by atoms with Crippen LogP contribution in [0, 0.1) is 0 Å². The van der Waals surface area contributed by atoms with Crippen molar-refractivity contribution >= 4 is 5.97 Å². The Hall–Kier alpha value is -0.570. The highest BCUT2D eigenvalue weighted by Crippen LogP contribution is 2.11. The van der Waals surface area contributed by atoms with Crippen molar-refractivity contribution in [3.63, 3.8) is 0 Å². The third kappa shape index (κ3) is 12.5. The van der Waals surface area contributed by atoms with Crippen molar-refractivity contribution in [2.75, 3.05) is 6.61 Å². The quantitative estimate of drug-likeness (QED) is 0.374. The van der Waals surface area contributed by atoms with Gasteiger partial charge in [0, 0.05) is 6.42 Å². The topological polar surface area (TPSA) is 46.5 Å². The van der Waals surface area contributed by atoms with Gasteiger partial charge in [0.25, 0.3) is 0 Å². The summed E-state index contributed by atoms with van der Waals surface area (Å²) >= 11 is 0. The first-order chi connectivity index (χ1) is 9.74. The number of aliphatic hydroxyl groups excluding tert-OH is 1. The zero-order valence-corrected chi connectivity index (χ0v) is 13.5. The molecule has 0 bridgehead atoms. The minimum atomic E-state index is -0.300. The number of ether oxygens (including phenoxy) is 1. The van der Waals surface area contributed by atoms with Gasteiger partial charge < -0.3 is 9.84 Å². The highest BCUT2D eigenvalue weighted by molar-refractivity contribution is 5.69. The van der Waals surface area contributed by atoms with Gasteiger partial charge in [-0.3, -0.25) is 4.79 Å². The molecule has 1 atom stereocenters. The van der Waals surface area contributed by atoms with Crippen LogP contribution in [0.3, 0.4) is 0 Å². The molecule has 0 saturated heterocycles. The van der Waals surface area contributed by atoms with E-state index in [4.69, 9.17) is 9.84 Å². The molecule has 0 spiro atoms. The number of rotatable bonds is 14. The monoisotopic (exact) mass is 286 g/mol. The summed E-state index contributed by atoms with van der Waals surface area (Å²) in [5, 5.41) is 9.06. The van der Waals surface area contributed by atoms with Crippen LogP contribution in [-0.2, 0) is 9.53 Å². The van der Waals surface area contributed by atoms with Gasteiger partial charge in [0.2, 0.25) is 0 Å². The maximum absolute atomic E-state index is 11.6. The van der Waals surface area contributed by atoms with E-state index in [1.54, 1.807) is 0 Å². The first kappa shape index (κ1) is 19.4. The Morgan fingerprint density at radius 3 is 1.95 bits per heavy atom.